The normalized spacial score (nSPS) is 12.5. The highest BCUT2D eigenvalue weighted by Crippen LogP contribution is 2.19. The highest BCUT2D eigenvalue weighted by atomic mass is 79.9. The number of aliphatic hydroxyl groups is 1. The van der Waals surface area contributed by atoms with E-state index in [1.807, 2.05) is 12.1 Å². The van der Waals surface area contributed by atoms with Crippen molar-refractivity contribution >= 4 is 21.7 Å². The van der Waals surface area contributed by atoms with Crippen molar-refractivity contribution in [3.63, 3.8) is 0 Å². The van der Waals surface area contributed by atoms with Crippen molar-refractivity contribution in [2.45, 2.75) is 12.5 Å². The number of rotatable bonds is 6. The van der Waals surface area contributed by atoms with Crippen LogP contribution >= 0.6 is 15.9 Å². The van der Waals surface area contributed by atoms with E-state index < -0.39 is 0 Å². The van der Waals surface area contributed by atoms with E-state index in [4.69, 9.17) is 9.84 Å². The van der Waals surface area contributed by atoms with Crippen molar-refractivity contribution in [1.82, 2.24) is 4.98 Å². The van der Waals surface area contributed by atoms with Crippen LogP contribution in [0.4, 0.5) is 5.82 Å². The molecule has 1 unspecified atom stereocenters. The molecule has 1 aromatic rings. The van der Waals surface area contributed by atoms with Gasteiger partial charge < -0.3 is 15.2 Å². The molecule has 0 radical (unpaired) electrons. The molecule has 4 nitrogen and oxygen atoms in total. The highest BCUT2D eigenvalue weighted by Gasteiger charge is 2.09. The quantitative estimate of drug-likeness (QED) is 0.829. The second-order valence-corrected chi connectivity index (χ2v) is 4.00. The molecular formula is C10H15BrN2O2. The molecule has 0 bridgehead atoms. The molecule has 0 aliphatic carbocycles. The molecule has 0 aliphatic heterocycles. The minimum atomic E-state index is 0.0752. The van der Waals surface area contributed by atoms with Gasteiger partial charge in [-0.2, -0.15) is 0 Å². The van der Waals surface area contributed by atoms with Gasteiger partial charge in [-0.05, 0) is 34.5 Å². The van der Waals surface area contributed by atoms with E-state index in [9.17, 15) is 0 Å². The second kappa shape index (κ2) is 6.76. The number of pyridine rings is 1. The molecule has 2 N–H and O–H groups in total. The zero-order valence-corrected chi connectivity index (χ0v) is 10.2. The van der Waals surface area contributed by atoms with Crippen LogP contribution in [0, 0.1) is 0 Å². The number of hydrogen-bond acceptors (Lipinski definition) is 4. The van der Waals surface area contributed by atoms with Crippen LogP contribution in [0.25, 0.3) is 0 Å². The van der Waals surface area contributed by atoms with Gasteiger partial charge in [-0.15, -0.1) is 0 Å². The van der Waals surface area contributed by atoms with Crippen molar-refractivity contribution in [1.29, 1.82) is 0 Å². The lowest BCUT2D eigenvalue weighted by atomic mass is 10.2. The molecule has 0 amide bonds. The molecular weight excluding hydrogens is 260 g/mol. The molecule has 84 valence electrons. The van der Waals surface area contributed by atoms with Gasteiger partial charge >= 0.3 is 0 Å². The number of nitrogens with one attached hydrogen (secondary N) is 1. The first-order chi connectivity index (χ1) is 7.27. The Morgan fingerprint density at radius 3 is 3.07 bits per heavy atom. The number of ether oxygens (including phenoxy) is 1. The maximum atomic E-state index is 8.88. The van der Waals surface area contributed by atoms with Gasteiger partial charge in [0.05, 0.1) is 17.1 Å². The molecule has 1 aromatic heterocycles. The SMILES string of the molecule is COCC(CCO)Nc1ncccc1Br. The summed E-state index contributed by atoms with van der Waals surface area (Å²) < 4.78 is 5.96. The smallest absolute Gasteiger partial charge is 0.140 e. The third kappa shape index (κ3) is 4.15. The number of methoxy groups -OCH3 is 1. The lowest BCUT2D eigenvalue weighted by molar-refractivity contribution is 0.170. The van der Waals surface area contributed by atoms with Gasteiger partial charge in [-0.25, -0.2) is 4.98 Å². The zero-order chi connectivity index (χ0) is 11.1. The van der Waals surface area contributed by atoms with Gasteiger partial charge in [0.25, 0.3) is 0 Å². The van der Waals surface area contributed by atoms with Crippen molar-refractivity contribution in [2.75, 3.05) is 25.6 Å². The predicted molar refractivity (Wildman–Crippen MR) is 62.9 cm³/mol. The minimum Gasteiger partial charge on any atom is -0.396 e. The third-order valence-electron chi connectivity index (χ3n) is 1.94. The maximum Gasteiger partial charge on any atom is 0.140 e. The fourth-order valence-electron chi connectivity index (χ4n) is 1.24. The molecule has 0 saturated carbocycles. The molecule has 1 heterocycles. The monoisotopic (exact) mass is 274 g/mol. The Morgan fingerprint density at radius 1 is 1.67 bits per heavy atom. The number of aromatic nitrogens is 1. The number of nitrogens with zero attached hydrogens (tertiary/aromatic N) is 1. The van der Waals surface area contributed by atoms with Gasteiger partial charge in [-0.1, -0.05) is 0 Å². The van der Waals surface area contributed by atoms with Crippen LogP contribution in [-0.4, -0.2) is 36.5 Å². The van der Waals surface area contributed by atoms with Crippen LogP contribution in [0.2, 0.25) is 0 Å². The van der Waals surface area contributed by atoms with Gasteiger partial charge in [0.15, 0.2) is 0 Å². The van der Waals surface area contributed by atoms with Gasteiger partial charge in [0.2, 0.25) is 0 Å². The Kier molecular flexibility index (Phi) is 5.60. The Bertz CT molecular complexity index is 291. The van der Waals surface area contributed by atoms with E-state index >= 15 is 0 Å². The summed E-state index contributed by atoms with van der Waals surface area (Å²) in [7, 11) is 1.64. The lowest BCUT2D eigenvalue weighted by Crippen LogP contribution is -2.26. The van der Waals surface area contributed by atoms with Gasteiger partial charge in [-0.3, -0.25) is 0 Å². The van der Waals surface area contributed by atoms with Crippen LogP contribution in [0.15, 0.2) is 22.8 Å². The maximum absolute atomic E-state index is 8.88. The van der Waals surface area contributed by atoms with Gasteiger partial charge in [0, 0.05) is 19.9 Å². The van der Waals surface area contributed by atoms with E-state index in [0.717, 1.165) is 10.3 Å². The summed E-state index contributed by atoms with van der Waals surface area (Å²) in [5, 5.41) is 12.1. The lowest BCUT2D eigenvalue weighted by Gasteiger charge is -2.17. The Balaban J connectivity index is 2.60. The zero-order valence-electron chi connectivity index (χ0n) is 8.61. The Hall–Kier alpha value is -0.650. The number of halogens is 1. The summed E-state index contributed by atoms with van der Waals surface area (Å²) in [5.41, 5.74) is 0. The average molecular weight is 275 g/mol. The topological polar surface area (TPSA) is 54.4 Å². The van der Waals surface area contributed by atoms with E-state index in [2.05, 4.69) is 26.2 Å². The molecule has 1 rings (SSSR count). The van der Waals surface area contributed by atoms with Crippen molar-refractivity contribution in [2.24, 2.45) is 0 Å². The van der Waals surface area contributed by atoms with E-state index in [1.165, 1.54) is 0 Å². The second-order valence-electron chi connectivity index (χ2n) is 3.14. The molecule has 1 atom stereocenters. The molecule has 0 aromatic carbocycles. The van der Waals surface area contributed by atoms with E-state index in [0.29, 0.717) is 13.0 Å². The number of hydrogen-bond donors (Lipinski definition) is 2. The molecule has 0 saturated heterocycles. The first-order valence-electron chi connectivity index (χ1n) is 4.74. The molecule has 0 spiro atoms. The van der Waals surface area contributed by atoms with Gasteiger partial charge in [0.1, 0.15) is 5.82 Å². The van der Waals surface area contributed by atoms with E-state index in [-0.39, 0.29) is 12.6 Å². The van der Waals surface area contributed by atoms with Crippen LogP contribution in [-0.2, 0) is 4.74 Å². The van der Waals surface area contributed by atoms with Crippen LogP contribution in [0.1, 0.15) is 6.42 Å². The Morgan fingerprint density at radius 2 is 2.47 bits per heavy atom. The molecule has 0 aliphatic rings. The Labute approximate surface area is 97.8 Å². The van der Waals surface area contributed by atoms with E-state index in [1.54, 1.807) is 13.3 Å². The van der Waals surface area contributed by atoms with Crippen LogP contribution < -0.4 is 5.32 Å². The summed E-state index contributed by atoms with van der Waals surface area (Å²) in [5.74, 6) is 0.771. The summed E-state index contributed by atoms with van der Waals surface area (Å²) >= 11 is 3.40. The predicted octanol–water partition coefficient (Wildman–Crippen LogP) is 1.65. The first-order valence-corrected chi connectivity index (χ1v) is 5.54. The van der Waals surface area contributed by atoms with Crippen molar-refractivity contribution < 1.29 is 9.84 Å². The summed E-state index contributed by atoms with van der Waals surface area (Å²) in [6, 6.07) is 3.84. The largest absolute Gasteiger partial charge is 0.396 e. The first kappa shape index (κ1) is 12.4. The van der Waals surface area contributed by atoms with Crippen molar-refractivity contribution in [3.05, 3.63) is 22.8 Å². The summed E-state index contributed by atoms with van der Waals surface area (Å²) in [6.45, 7) is 0.676. The summed E-state index contributed by atoms with van der Waals surface area (Å²) in [4.78, 5) is 4.19. The van der Waals surface area contributed by atoms with Crippen LogP contribution in [0.5, 0.6) is 0 Å². The fourth-order valence-corrected chi connectivity index (χ4v) is 1.61. The highest BCUT2D eigenvalue weighted by molar-refractivity contribution is 9.10. The molecule has 5 heteroatoms. The van der Waals surface area contributed by atoms with Crippen LogP contribution in [0.3, 0.4) is 0 Å². The fraction of sp³-hybridized carbons (Fsp3) is 0.500. The summed E-state index contributed by atoms with van der Waals surface area (Å²) in [6.07, 6.45) is 2.35. The van der Waals surface area contributed by atoms with Crippen molar-refractivity contribution in [3.8, 4) is 0 Å². The standard InChI is InChI=1S/C10H15BrN2O2/c1-15-7-8(4-6-14)13-10-9(11)3-2-5-12-10/h2-3,5,8,14H,4,6-7H2,1H3,(H,12,13). The third-order valence-corrected chi connectivity index (χ3v) is 2.58. The molecule has 0 fully saturated rings. The number of anilines is 1. The minimum absolute atomic E-state index is 0.0752. The number of aliphatic hydroxyl groups excluding tert-OH is 1. The average Bonchev–Trinajstić information content (AvgIpc) is 2.22. The molecule has 15 heavy (non-hydrogen) atoms.